The Balaban J connectivity index is 2.56. The topological polar surface area (TPSA) is 102 Å². The van der Waals surface area contributed by atoms with Gasteiger partial charge in [0.05, 0.1) is 0 Å². The van der Waals surface area contributed by atoms with Gasteiger partial charge in [0.15, 0.2) is 5.78 Å². The smallest absolute Gasteiger partial charge is 0.228 e. The number of benzene rings is 2. The lowest BCUT2D eigenvalue weighted by atomic mass is 10.1. The molecular formula is C14H10N2O5. The first-order valence-corrected chi connectivity index (χ1v) is 6.05. The predicted octanol–water partition coefficient (Wildman–Crippen LogP) is 0.945. The van der Waals surface area contributed by atoms with Crippen molar-refractivity contribution >= 4 is 16.8 Å². The van der Waals surface area contributed by atoms with E-state index in [1.807, 2.05) is 0 Å². The monoisotopic (exact) mass is 286 g/mol. The molecule has 0 unspecified atom stereocenters. The molecule has 2 aliphatic rings. The largest absolute Gasteiger partial charge is 0.428 e. The molecule has 0 saturated carbocycles. The van der Waals surface area contributed by atoms with Crippen LogP contribution in [0.3, 0.4) is 0 Å². The Morgan fingerprint density at radius 3 is 1.95 bits per heavy atom. The van der Waals surface area contributed by atoms with Gasteiger partial charge in [-0.2, -0.15) is 9.46 Å². The maximum atomic E-state index is 11.4. The molecule has 21 heavy (non-hydrogen) atoms. The summed E-state index contributed by atoms with van der Waals surface area (Å²) >= 11 is 0. The van der Waals surface area contributed by atoms with E-state index in [0.29, 0.717) is 15.0 Å². The third-order valence-corrected chi connectivity index (χ3v) is 3.34. The maximum Gasteiger partial charge on any atom is 0.228 e. The summed E-state index contributed by atoms with van der Waals surface area (Å²) in [5.41, 5.74) is -0.964. The Hall–Kier alpha value is -3.09. The highest BCUT2D eigenvalue weighted by Crippen LogP contribution is 2.25. The molecule has 0 saturated heterocycles. The summed E-state index contributed by atoms with van der Waals surface area (Å²) in [4.78, 5) is 34.2. The molecule has 0 aromatic heterocycles. The summed E-state index contributed by atoms with van der Waals surface area (Å²) in [6.45, 7) is 1.37. The van der Waals surface area contributed by atoms with Crippen molar-refractivity contribution < 1.29 is 15.2 Å². The van der Waals surface area contributed by atoms with E-state index in [1.165, 1.54) is 25.1 Å². The van der Waals surface area contributed by atoms with Crippen LogP contribution in [0.25, 0.3) is 22.4 Å². The molecule has 0 radical (unpaired) electrons. The normalized spacial score (nSPS) is 11.1. The highest BCUT2D eigenvalue weighted by atomic mass is 16.5. The van der Waals surface area contributed by atoms with Crippen LogP contribution in [0.2, 0.25) is 0 Å². The van der Waals surface area contributed by atoms with Crippen LogP contribution in [0.5, 0.6) is 0 Å². The number of hydrogen-bond acceptors (Lipinski definition) is 5. The van der Waals surface area contributed by atoms with Crippen LogP contribution in [-0.2, 0) is 0 Å². The molecule has 1 aliphatic heterocycles. The van der Waals surface area contributed by atoms with Crippen LogP contribution >= 0.6 is 0 Å². The molecule has 106 valence electrons. The Labute approximate surface area is 117 Å². The van der Waals surface area contributed by atoms with Crippen molar-refractivity contribution in [1.29, 1.82) is 0 Å². The number of fused-ring (bicyclic) bond motifs is 2. The molecule has 0 bridgehead atoms. The van der Waals surface area contributed by atoms with Gasteiger partial charge in [0.2, 0.25) is 10.9 Å². The minimum atomic E-state index is -0.799. The molecule has 1 aromatic carbocycles. The van der Waals surface area contributed by atoms with E-state index in [4.69, 9.17) is 0 Å². The average molecular weight is 286 g/mol. The van der Waals surface area contributed by atoms with Crippen molar-refractivity contribution in [3.63, 3.8) is 0 Å². The highest BCUT2D eigenvalue weighted by molar-refractivity contribution is 5.97. The number of aromatic nitrogens is 2. The zero-order valence-electron chi connectivity index (χ0n) is 10.9. The van der Waals surface area contributed by atoms with Crippen LogP contribution in [0.1, 0.15) is 17.3 Å². The molecule has 7 nitrogen and oxygen atoms in total. The number of rotatable bonds is 1. The first-order valence-electron chi connectivity index (χ1n) is 6.05. The third kappa shape index (κ3) is 1.78. The van der Waals surface area contributed by atoms with Crippen molar-refractivity contribution in [3.8, 4) is 11.4 Å². The average Bonchev–Trinajstić information content (AvgIpc) is 2.46. The maximum absolute atomic E-state index is 11.4. The molecule has 1 aliphatic carbocycles. The molecule has 0 spiro atoms. The number of Topliss-reactive ketones (excluding diaryl/α,β-unsaturated/α-hetero) is 1. The minimum absolute atomic E-state index is 0.00910. The van der Waals surface area contributed by atoms with E-state index in [-0.39, 0.29) is 28.2 Å². The quantitative estimate of drug-likeness (QED) is 0.300. The molecular weight excluding hydrogens is 276 g/mol. The van der Waals surface area contributed by atoms with E-state index in [1.54, 1.807) is 0 Å². The van der Waals surface area contributed by atoms with Gasteiger partial charge in [-0.25, -0.2) is 0 Å². The summed E-state index contributed by atoms with van der Waals surface area (Å²) in [5, 5.41) is 20.3. The Bertz CT molecular complexity index is 983. The van der Waals surface area contributed by atoms with Gasteiger partial charge < -0.3 is 10.4 Å². The molecule has 2 N–H and O–H groups in total. The van der Waals surface area contributed by atoms with Gasteiger partial charge in [-0.05, 0) is 25.1 Å². The van der Waals surface area contributed by atoms with Gasteiger partial charge in [-0.3, -0.25) is 14.4 Å². The van der Waals surface area contributed by atoms with Gasteiger partial charge >= 0.3 is 0 Å². The first kappa shape index (κ1) is 12.9. The van der Waals surface area contributed by atoms with E-state index in [0.717, 1.165) is 12.1 Å². The SMILES string of the molecule is CC(=O)c1ccc2c(c1)n(O)c1cc(=O)c(=O)cc-1n2O. The summed E-state index contributed by atoms with van der Waals surface area (Å²) in [6, 6.07) is 6.20. The predicted molar refractivity (Wildman–Crippen MR) is 73.5 cm³/mol. The standard InChI is InChI=1S/C14H10N2O5/c1-7(17)8-2-3-9-10(4-8)16(21)12-6-14(19)13(18)5-11(12)15(9)20/h2-6,20-21H,1H3. The summed E-state index contributed by atoms with van der Waals surface area (Å²) in [6.07, 6.45) is 0. The van der Waals surface area contributed by atoms with E-state index >= 15 is 0 Å². The summed E-state index contributed by atoms with van der Waals surface area (Å²) < 4.78 is 1.37. The molecule has 7 heteroatoms. The van der Waals surface area contributed by atoms with Gasteiger partial charge in [-0.15, -0.1) is 0 Å². The first-order chi connectivity index (χ1) is 9.90. The second-order valence-electron chi connectivity index (χ2n) is 4.67. The molecule has 0 atom stereocenters. The lowest BCUT2D eigenvalue weighted by Crippen LogP contribution is -2.26. The fourth-order valence-electron chi connectivity index (χ4n) is 2.23. The zero-order valence-corrected chi connectivity index (χ0v) is 10.9. The van der Waals surface area contributed by atoms with Crippen molar-refractivity contribution in [2.75, 3.05) is 0 Å². The van der Waals surface area contributed by atoms with Crippen LogP contribution in [0, 0.1) is 0 Å². The van der Waals surface area contributed by atoms with Gasteiger partial charge in [0.25, 0.3) is 0 Å². The van der Waals surface area contributed by atoms with E-state index in [9.17, 15) is 24.8 Å². The fourth-order valence-corrected chi connectivity index (χ4v) is 2.23. The third-order valence-electron chi connectivity index (χ3n) is 3.34. The second kappa shape index (κ2) is 4.20. The second-order valence-corrected chi connectivity index (χ2v) is 4.67. The van der Waals surface area contributed by atoms with Crippen LogP contribution < -0.4 is 10.9 Å². The minimum Gasteiger partial charge on any atom is -0.428 e. The zero-order chi connectivity index (χ0) is 15.3. The number of nitrogens with zero attached hydrogens (tertiary/aromatic N) is 2. The molecule has 0 fully saturated rings. The number of hydrogen-bond donors (Lipinski definition) is 2. The van der Waals surface area contributed by atoms with E-state index in [2.05, 4.69) is 0 Å². The van der Waals surface area contributed by atoms with Crippen LogP contribution in [0.4, 0.5) is 0 Å². The van der Waals surface area contributed by atoms with Crippen LogP contribution in [-0.4, -0.2) is 25.7 Å². The molecule has 3 rings (SSSR count). The van der Waals surface area contributed by atoms with Gasteiger partial charge in [0.1, 0.15) is 22.4 Å². The number of ketones is 1. The van der Waals surface area contributed by atoms with E-state index < -0.39 is 10.9 Å². The van der Waals surface area contributed by atoms with Crippen molar-refractivity contribution in [3.05, 3.63) is 56.3 Å². The van der Waals surface area contributed by atoms with Gasteiger partial charge in [0, 0.05) is 17.7 Å². The summed E-state index contributed by atoms with van der Waals surface area (Å²) in [7, 11) is 0. The Morgan fingerprint density at radius 2 is 1.43 bits per heavy atom. The van der Waals surface area contributed by atoms with Gasteiger partial charge in [-0.1, -0.05) is 0 Å². The Kier molecular flexibility index (Phi) is 2.59. The molecule has 1 aromatic rings. The summed E-state index contributed by atoms with van der Waals surface area (Å²) in [5.74, 6) is -0.207. The molecule has 0 amide bonds. The van der Waals surface area contributed by atoms with Crippen molar-refractivity contribution in [2.45, 2.75) is 6.92 Å². The fraction of sp³-hybridized carbons (Fsp3) is 0.0714. The van der Waals surface area contributed by atoms with Crippen LogP contribution in [0.15, 0.2) is 39.9 Å². The lowest BCUT2D eigenvalue weighted by molar-refractivity contribution is 0.101. The van der Waals surface area contributed by atoms with Crippen molar-refractivity contribution in [2.24, 2.45) is 0 Å². The number of carbonyl (C=O) groups excluding carboxylic acids is 1. The lowest BCUT2D eigenvalue weighted by Gasteiger charge is -2.17. The highest BCUT2D eigenvalue weighted by Gasteiger charge is 2.18. The Morgan fingerprint density at radius 1 is 0.905 bits per heavy atom. The van der Waals surface area contributed by atoms with Crippen molar-refractivity contribution in [1.82, 2.24) is 9.46 Å². The molecule has 1 heterocycles. The number of carbonyl (C=O) groups is 1.